The van der Waals surface area contributed by atoms with Crippen molar-refractivity contribution in [1.29, 1.82) is 0 Å². The Labute approximate surface area is 107 Å². The van der Waals surface area contributed by atoms with E-state index in [-0.39, 0.29) is 12.5 Å². The number of halogens is 4. The van der Waals surface area contributed by atoms with Crippen LogP contribution >= 0.6 is 15.9 Å². The predicted molar refractivity (Wildman–Crippen MR) is 65.7 cm³/mol. The Kier molecular flexibility index (Phi) is 5.01. The quantitative estimate of drug-likeness (QED) is 0.871. The first-order valence-electron chi connectivity index (χ1n) is 5.38. The summed E-state index contributed by atoms with van der Waals surface area (Å²) in [7, 11) is 0. The van der Waals surface area contributed by atoms with Crippen molar-refractivity contribution >= 4 is 15.9 Å². The molecular weight excluding hydrogens is 295 g/mol. The van der Waals surface area contributed by atoms with Gasteiger partial charge in [-0.25, -0.2) is 0 Å². The van der Waals surface area contributed by atoms with Gasteiger partial charge in [0.15, 0.2) is 0 Å². The van der Waals surface area contributed by atoms with E-state index in [1.165, 1.54) is 0 Å². The zero-order valence-electron chi connectivity index (χ0n) is 9.52. The van der Waals surface area contributed by atoms with Crippen molar-refractivity contribution in [2.24, 2.45) is 5.73 Å². The number of benzene rings is 1. The number of hydrogen-bond acceptors (Lipinski definition) is 1. The minimum atomic E-state index is -4.09. The lowest BCUT2D eigenvalue weighted by Gasteiger charge is -2.15. The molecule has 0 amide bonds. The molecule has 0 spiro atoms. The summed E-state index contributed by atoms with van der Waals surface area (Å²) in [4.78, 5) is 0. The lowest BCUT2D eigenvalue weighted by molar-refractivity contribution is -0.135. The van der Waals surface area contributed by atoms with Crippen LogP contribution in [-0.4, -0.2) is 6.18 Å². The summed E-state index contributed by atoms with van der Waals surface area (Å²) in [5.74, 6) is 0. The van der Waals surface area contributed by atoms with Gasteiger partial charge < -0.3 is 5.73 Å². The van der Waals surface area contributed by atoms with Crippen LogP contribution in [0.15, 0.2) is 22.7 Å². The molecule has 96 valence electrons. The Bertz CT molecular complexity index is 377. The molecule has 1 unspecified atom stereocenters. The largest absolute Gasteiger partial charge is 0.389 e. The fourth-order valence-electron chi connectivity index (χ4n) is 1.63. The molecule has 1 atom stereocenters. The van der Waals surface area contributed by atoms with Gasteiger partial charge in [-0.15, -0.1) is 0 Å². The Hall–Kier alpha value is -0.550. The molecule has 1 nitrogen and oxygen atoms in total. The van der Waals surface area contributed by atoms with E-state index in [1.807, 2.05) is 25.1 Å². The van der Waals surface area contributed by atoms with Crippen LogP contribution in [0.2, 0.25) is 0 Å². The van der Waals surface area contributed by atoms with Gasteiger partial charge in [-0.05, 0) is 30.9 Å². The van der Waals surface area contributed by atoms with E-state index in [0.29, 0.717) is 6.42 Å². The minimum absolute atomic E-state index is 0.0606. The molecule has 0 saturated heterocycles. The topological polar surface area (TPSA) is 26.0 Å². The molecule has 0 aliphatic carbocycles. The molecular formula is C12H15BrF3N. The van der Waals surface area contributed by atoms with E-state index in [0.717, 1.165) is 15.6 Å². The normalized spacial score (nSPS) is 13.8. The van der Waals surface area contributed by atoms with Gasteiger partial charge in [0.05, 0.1) is 0 Å². The first kappa shape index (κ1) is 14.5. The third kappa shape index (κ3) is 4.68. The van der Waals surface area contributed by atoms with E-state index < -0.39 is 12.6 Å². The van der Waals surface area contributed by atoms with Gasteiger partial charge in [-0.1, -0.05) is 34.1 Å². The molecule has 5 heteroatoms. The average Bonchev–Trinajstić information content (AvgIpc) is 2.20. The van der Waals surface area contributed by atoms with Crippen LogP contribution in [0, 0.1) is 6.92 Å². The monoisotopic (exact) mass is 309 g/mol. The smallest absolute Gasteiger partial charge is 0.324 e. The van der Waals surface area contributed by atoms with Gasteiger partial charge in [0.2, 0.25) is 0 Å². The van der Waals surface area contributed by atoms with Gasteiger partial charge in [-0.2, -0.15) is 13.2 Å². The third-order valence-corrected chi connectivity index (χ3v) is 3.68. The van der Waals surface area contributed by atoms with Gasteiger partial charge in [0.1, 0.15) is 0 Å². The number of alkyl halides is 3. The lowest BCUT2D eigenvalue weighted by atomic mass is 10.0. The van der Waals surface area contributed by atoms with Gasteiger partial charge >= 0.3 is 6.18 Å². The van der Waals surface area contributed by atoms with E-state index in [2.05, 4.69) is 15.9 Å². The van der Waals surface area contributed by atoms with Crippen molar-refractivity contribution in [3.05, 3.63) is 33.8 Å². The molecule has 0 fully saturated rings. The van der Waals surface area contributed by atoms with Crippen LogP contribution in [0.4, 0.5) is 13.2 Å². The van der Waals surface area contributed by atoms with Crippen molar-refractivity contribution < 1.29 is 13.2 Å². The Morgan fingerprint density at radius 2 is 2.00 bits per heavy atom. The van der Waals surface area contributed by atoms with E-state index >= 15 is 0 Å². The molecule has 17 heavy (non-hydrogen) atoms. The maximum atomic E-state index is 12.0. The van der Waals surface area contributed by atoms with Crippen LogP contribution in [0.25, 0.3) is 0 Å². The van der Waals surface area contributed by atoms with E-state index in [1.54, 1.807) is 0 Å². The molecule has 0 aliphatic heterocycles. The standard InChI is InChI=1S/C12H15BrF3N/c1-8-4-2-5-9(11(8)13)10(17)6-3-7-12(14,15)16/h2,4-5,10H,3,6-7,17H2,1H3. The third-order valence-electron chi connectivity index (χ3n) is 2.60. The number of nitrogens with two attached hydrogens (primary N) is 1. The summed E-state index contributed by atoms with van der Waals surface area (Å²) in [6.45, 7) is 1.93. The van der Waals surface area contributed by atoms with Gasteiger partial charge in [0, 0.05) is 16.9 Å². The van der Waals surface area contributed by atoms with Crippen molar-refractivity contribution in [3.8, 4) is 0 Å². The van der Waals surface area contributed by atoms with Crippen LogP contribution in [0.1, 0.15) is 36.4 Å². The molecule has 2 N–H and O–H groups in total. The summed E-state index contributed by atoms with van der Waals surface area (Å²) >= 11 is 3.41. The van der Waals surface area contributed by atoms with Gasteiger partial charge in [-0.3, -0.25) is 0 Å². The molecule has 0 saturated carbocycles. The van der Waals surface area contributed by atoms with Crippen molar-refractivity contribution in [3.63, 3.8) is 0 Å². The summed E-state index contributed by atoms with van der Waals surface area (Å²) in [6.07, 6.45) is -4.47. The Balaban J connectivity index is 2.58. The highest BCUT2D eigenvalue weighted by molar-refractivity contribution is 9.10. The molecule has 1 aromatic carbocycles. The summed E-state index contributed by atoms with van der Waals surface area (Å²) in [5, 5.41) is 0. The van der Waals surface area contributed by atoms with Crippen LogP contribution in [0.5, 0.6) is 0 Å². The molecule has 0 heterocycles. The fourth-order valence-corrected chi connectivity index (χ4v) is 2.19. The highest BCUT2D eigenvalue weighted by atomic mass is 79.9. The maximum absolute atomic E-state index is 12.0. The molecule has 0 aliphatic rings. The second kappa shape index (κ2) is 5.87. The predicted octanol–water partition coefficient (Wildman–Crippen LogP) is 4.49. The zero-order valence-corrected chi connectivity index (χ0v) is 11.1. The highest BCUT2D eigenvalue weighted by Gasteiger charge is 2.26. The lowest BCUT2D eigenvalue weighted by Crippen LogP contribution is -2.13. The SMILES string of the molecule is Cc1cccc(C(N)CCCC(F)(F)F)c1Br. The van der Waals surface area contributed by atoms with Crippen LogP contribution in [0.3, 0.4) is 0 Å². The van der Waals surface area contributed by atoms with Crippen LogP contribution in [-0.2, 0) is 0 Å². The summed E-state index contributed by atoms with van der Waals surface area (Å²) in [5.41, 5.74) is 7.80. The number of aryl methyl sites for hydroxylation is 1. The molecule has 1 rings (SSSR count). The molecule has 1 aromatic rings. The van der Waals surface area contributed by atoms with E-state index in [4.69, 9.17) is 5.73 Å². The highest BCUT2D eigenvalue weighted by Crippen LogP contribution is 2.30. The van der Waals surface area contributed by atoms with Crippen LogP contribution < -0.4 is 5.73 Å². The molecule has 0 aromatic heterocycles. The second-order valence-corrected chi connectivity index (χ2v) is 4.89. The maximum Gasteiger partial charge on any atom is 0.389 e. The zero-order chi connectivity index (χ0) is 13.1. The van der Waals surface area contributed by atoms with Crippen molar-refractivity contribution in [1.82, 2.24) is 0 Å². The Morgan fingerprint density at radius 1 is 1.35 bits per heavy atom. The molecule has 0 radical (unpaired) electrons. The minimum Gasteiger partial charge on any atom is -0.324 e. The first-order valence-corrected chi connectivity index (χ1v) is 6.18. The van der Waals surface area contributed by atoms with Crippen molar-refractivity contribution in [2.75, 3.05) is 0 Å². The van der Waals surface area contributed by atoms with E-state index in [9.17, 15) is 13.2 Å². The Morgan fingerprint density at radius 3 is 2.59 bits per heavy atom. The van der Waals surface area contributed by atoms with Crippen molar-refractivity contribution in [2.45, 2.75) is 38.4 Å². The average molecular weight is 310 g/mol. The second-order valence-electron chi connectivity index (χ2n) is 4.09. The number of hydrogen-bond donors (Lipinski definition) is 1. The summed E-state index contributed by atoms with van der Waals surface area (Å²) < 4.78 is 36.9. The fraction of sp³-hybridized carbons (Fsp3) is 0.500. The van der Waals surface area contributed by atoms with Gasteiger partial charge in [0.25, 0.3) is 0 Å². The molecule has 0 bridgehead atoms. The first-order chi connectivity index (χ1) is 7.81. The summed E-state index contributed by atoms with van der Waals surface area (Å²) in [6, 6.07) is 5.27. The number of rotatable bonds is 4.